The van der Waals surface area contributed by atoms with E-state index >= 15 is 0 Å². The van der Waals surface area contributed by atoms with Crippen LogP contribution in [0, 0.1) is 18.3 Å². The van der Waals surface area contributed by atoms with Gasteiger partial charge in [0.1, 0.15) is 24.0 Å². The Kier molecular flexibility index (Phi) is 6.17. The summed E-state index contributed by atoms with van der Waals surface area (Å²) in [5.74, 6) is 0.270. The second-order valence-electron chi connectivity index (χ2n) is 6.15. The fourth-order valence-corrected chi connectivity index (χ4v) is 2.52. The Morgan fingerprint density at radius 1 is 1.11 bits per heavy atom. The molecule has 2 aromatic carbocycles. The van der Waals surface area contributed by atoms with Crippen molar-refractivity contribution >= 4 is 17.7 Å². The van der Waals surface area contributed by atoms with Crippen LogP contribution in [0.15, 0.2) is 78.6 Å². The van der Waals surface area contributed by atoms with E-state index in [9.17, 15) is 10.1 Å². The van der Waals surface area contributed by atoms with Gasteiger partial charge in [-0.2, -0.15) is 5.26 Å². The highest BCUT2D eigenvalue weighted by molar-refractivity contribution is 6.09. The zero-order valence-electron chi connectivity index (χ0n) is 15.4. The second kappa shape index (κ2) is 9.15. The van der Waals surface area contributed by atoms with Crippen molar-refractivity contribution < 1.29 is 9.53 Å². The van der Waals surface area contributed by atoms with E-state index in [1.54, 1.807) is 48.8 Å². The molecule has 3 rings (SSSR count). The van der Waals surface area contributed by atoms with Gasteiger partial charge in [-0.15, -0.1) is 0 Å². The molecule has 1 heterocycles. The first-order valence-corrected chi connectivity index (χ1v) is 8.76. The molecule has 28 heavy (non-hydrogen) atoms. The number of aromatic nitrogens is 1. The van der Waals surface area contributed by atoms with Crippen molar-refractivity contribution in [2.24, 2.45) is 0 Å². The molecule has 3 aromatic rings. The van der Waals surface area contributed by atoms with E-state index < -0.39 is 5.91 Å². The van der Waals surface area contributed by atoms with Crippen molar-refractivity contribution in [1.82, 2.24) is 4.98 Å². The smallest absolute Gasteiger partial charge is 0.266 e. The molecule has 0 atom stereocenters. The number of ether oxygens (including phenoxy) is 1. The minimum absolute atomic E-state index is 0.0358. The third-order valence-corrected chi connectivity index (χ3v) is 4.10. The predicted molar refractivity (Wildman–Crippen MR) is 108 cm³/mol. The van der Waals surface area contributed by atoms with E-state index in [2.05, 4.69) is 10.3 Å². The molecule has 0 bridgehead atoms. The maximum atomic E-state index is 12.4. The molecule has 0 aliphatic rings. The van der Waals surface area contributed by atoms with E-state index in [1.165, 1.54) is 0 Å². The zero-order chi connectivity index (χ0) is 19.8. The molecule has 0 saturated heterocycles. The first-order chi connectivity index (χ1) is 13.7. The van der Waals surface area contributed by atoms with Crippen molar-refractivity contribution in [2.45, 2.75) is 13.5 Å². The molecule has 0 radical (unpaired) electrons. The van der Waals surface area contributed by atoms with Crippen molar-refractivity contribution in [2.75, 3.05) is 5.32 Å². The Morgan fingerprint density at radius 3 is 2.50 bits per heavy atom. The van der Waals surface area contributed by atoms with E-state index in [4.69, 9.17) is 4.74 Å². The van der Waals surface area contributed by atoms with Gasteiger partial charge >= 0.3 is 0 Å². The van der Waals surface area contributed by atoms with Gasteiger partial charge < -0.3 is 10.1 Å². The normalized spacial score (nSPS) is 10.8. The number of aryl methyl sites for hydroxylation is 1. The number of pyridine rings is 1. The quantitative estimate of drug-likeness (QED) is 0.512. The molecule has 1 amide bonds. The molecular weight excluding hydrogens is 350 g/mol. The van der Waals surface area contributed by atoms with Crippen LogP contribution in [0.4, 0.5) is 5.69 Å². The summed E-state index contributed by atoms with van der Waals surface area (Å²) >= 11 is 0. The average Bonchev–Trinajstić information content (AvgIpc) is 2.73. The molecule has 0 spiro atoms. The van der Waals surface area contributed by atoms with E-state index in [-0.39, 0.29) is 5.57 Å². The van der Waals surface area contributed by atoms with Gasteiger partial charge in [-0.3, -0.25) is 9.78 Å². The van der Waals surface area contributed by atoms with E-state index in [0.717, 1.165) is 16.7 Å². The van der Waals surface area contributed by atoms with Crippen LogP contribution >= 0.6 is 0 Å². The van der Waals surface area contributed by atoms with Crippen molar-refractivity contribution in [3.05, 3.63) is 95.3 Å². The number of hydrogen-bond acceptors (Lipinski definition) is 4. The first-order valence-electron chi connectivity index (χ1n) is 8.76. The molecule has 5 heteroatoms. The van der Waals surface area contributed by atoms with Crippen molar-refractivity contribution in [1.29, 1.82) is 5.26 Å². The molecule has 138 valence electrons. The maximum absolute atomic E-state index is 12.4. The van der Waals surface area contributed by atoms with E-state index in [0.29, 0.717) is 18.0 Å². The molecular formula is C23H19N3O2. The summed E-state index contributed by atoms with van der Waals surface area (Å²) in [6.07, 6.45) is 5.00. The van der Waals surface area contributed by atoms with Gasteiger partial charge in [0.2, 0.25) is 0 Å². The van der Waals surface area contributed by atoms with Crippen LogP contribution in [0.1, 0.15) is 16.7 Å². The van der Waals surface area contributed by atoms with Crippen molar-refractivity contribution in [3.63, 3.8) is 0 Å². The van der Waals surface area contributed by atoms with Crippen LogP contribution in [0.5, 0.6) is 5.75 Å². The Bertz CT molecular complexity index is 1020. The van der Waals surface area contributed by atoms with Crippen molar-refractivity contribution in [3.8, 4) is 11.8 Å². The predicted octanol–water partition coefficient (Wildman–Crippen LogP) is 4.51. The van der Waals surface area contributed by atoms with Crippen LogP contribution in [0.25, 0.3) is 6.08 Å². The zero-order valence-corrected chi connectivity index (χ0v) is 15.4. The summed E-state index contributed by atoms with van der Waals surface area (Å²) in [6.45, 7) is 2.34. The van der Waals surface area contributed by atoms with Gasteiger partial charge in [0.05, 0.1) is 0 Å². The number of carbonyl (C=O) groups excluding carboxylic acids is 1. The monoisotopic (exact) mass is 369 g/mol. The maximum Gasteiger partial charge on any atom is 0.266 e. The lowest BCUT2D eigenvalue weighted by Crippen LogP contribution is -2.14. The average molecular weight is 369 g/mol. The fourth-order valence-electron chi connectivity index (χ4n) is 2.52. The molecule has 0 aliphatic heterocycles. The van der Waals surface area contributed by atoms with Crippen LogP contribution < -0.4 is 10.1 Å². The van der Waals surface area contributed by atoms with Gasteiger partial charge in [0.25, 0.3) is 5.91 Å². The minimum atomic E-state index is -0.435. The summed E-state index contributed by atoms with van der Waals surface area (Å²) in [5.41, 5.74) is 3.43. The summed E-state index contributed by atoms with van der Waals surface area (Å²) in [7, 11) is 0. The van der Waals surface area contributed by atoms with Gasteiger partial charge in [-0.1, -0.05) is 30.3 Å². The van der Waals surface area contributed by atoms with Crippen LogP contribution in [-0.2, 0) is 11.4 Å². The number of hydrogen-bond donors (Lipinski definition) is 1. The molecule has 0 aliphatic carbocycles. The van der Waals surface area contributed by atoms with Gasteiger partial charge in [0, 0.05) is 18.1 Å². The topological polar surface area (TPSA) is 75.0 Å². The molecule has 0 fully saturated rings. The second-order valence-corrected chi connectivity index (χ2v) is 6.15. The summed E-state index contributed by atoms with van der Waals surface area (Å²) in [5, 5.41) is 12.1. The molecule has 0 saturated carbocycles. The number of para-hydroxylation sites is 1. The molecule has 0 unspecified atom stereocenters. The molecule has 1 aromatic heterocycles. The number of nitrogens with zero attached hydrogens (tertiary/aromatic N) is 2. The lowest BCUT2D eigenvalue weighted by Gasteiger charge is -2.08. The standard InChI is InChI=1S/C23H19N3O2/c1-17-4-2-3-5-22(17)26-23(27)20(15-24)14-18-6-8-21(9-7-18)28-16-19-10-12-25-13-11-19/h2-14H,16H2,1H3,(H,26,27). The Hall–Kier alpha value is -3.91. The van der Waals surface area contributed by atoms with Crippen LogP contribution in [-0.4, -0.2) is 10.9 Å². The summed E-state index contributed by atoms with van der Waals surface area (Å²) in [4.78, 5) is 16.4. The Balaban J connectivity index is 1.66. The Labute approximate surface area is 163 Å². The molecule has 5 nitrogen and oxygen atoms in total. The van der Waals surface area contributed by atoms with Gasteiger partial charge in [-0.25, -0.2) is 0 Å². The third-order valence-electron chi connectivity index (χ3n) is 4.10. The number of nitrogens with one attached hydrogen (secondary N) is 1. The highest BCUT2D eigenvalue weighted by Crippen LogP contribution is 2.18. The lowest BCUT2D eigenvalue weighted by molar-refractivity contribution is -0.112. The SMILES string of the molecule is Cc1ccccc1NC(=O)C(C#N)=Cc1ccc(OCc2ccncc2)cc1. The van der Waals surface area contributed by atoms with Gasteiger partial charge in [0.15, 0.2) is 0 Å². The number of rotatable bonds is 6. The minimum Gasteiger partial charge on any atom is -0.489 e. The summed E-state index contributed by atoms with van der Waals surface area (Å²) in [6, 6.07) is 20.4. The third kappa shape index (κ3) is 5.05. The van der Waals surface area contributed by atoms with E-state index in [1.807, 2.05) is 43.3 Å². The number of nitriles is 1. The van der Waals surface area contributed by atoms with Crippen LogP contribution in [0.3, 0.4) is 0 Å². The highest BCUT2D eigenvalue weighted by atomic mass is 16.5. The van der Waals surface area contributed by atoms with Gasteiger partial charge in [-0.05, 0) is 60.0 Å². The lowest BCUT2D eigenvalue weighted by atomic mass is 10.1. The largest absolute Gasteiger partial charge is 0.489 e. The summed E-state index contributed by atoms with van der Waals surface area (Å²) < 4.78 is 5.73. The first kappa shape index (κ1) is 18.9. The number of anilines is 1. The van der Waals surface area contributed by atoms with Crippen LogP contribution in [0.2, 0.25) is 0 Å². The number of benzene rings is 2. The number of amides is 1. The Morgan fingerprint density at radius 2 is 1.82 bits per heavy atom. The fraction of sp³-hybridized carbons (Fsp3) is 0.0870. The number of carbonyl (C=O) groups is 1. The molecule has 1 N–H and O–H groups in total. The highest BCUT2D eigenvalue weighted by Gasteiger charge is 2.10.